The maximum Gasteiger partial charge on any atom is 0.337 e. The predicted octanol–water partition coefficient (Wildman–Crippen LogP) is 1.75. The van der Waals surface area contributed by atoms with Crippen molar-refractivity contribution in [1.82, 2.24) is 4.98 Å². The second kappa shape index (κ2) is 4.74. The van der Waals surface area contributed by atoms with Crippen LogP contribution in [-0.2, 0) is 0 Å². The highest BCUT2D eigenvalue weighted by atomic mass is 19.1. The molecule has 6 heteroatoms. The molecule has 19 heavy (non-hydrogen) atoms. The first-order valence-corrected chi connectivity index (χ1v) is 5.19. The molecular formula is C13H7FN2O3. The fourth-order valence-electron chi connectivity index (χ4n) is 1.63. The normalized spacial score (nSPS) is 9.89. The van der Waals surface area contributed by atoms with E-state index in [9.17, 15) is 14.0 Å². The summed E-state index contributed by atoms with van der Waals surface area (Å²) in [7, 11) is 0. The molecule has 1 aromatic carbocycles. The minimum atomic E-state index is -1.24. The van der Waals surface area contributed by atoms with Gasteiger partial charge < -0.3 is 10.1 Å². The molecule has 0 amide bonds. The number of nitriles is 1. The van der Waals surface area contributed by atoms with Crippen LogP contribution in [0.1, 0.15) is 15.9 Å². The smallest absolute Gasteiger partial charge is 0.337 e. The molecule has 1 aromatic heterocycles. The largest absolute Gasteiger partial charge is 0.478 e. The molecule has 1 heterocycles. The number of carbonyl (C=O) groups is 1. The van der Waals surface area contributed by atoms with E-state index in [1.807, 2.05) is 0 Å². The summed E-state index contributed by atoms with van der Waals surface area (Å²) in [6, 6.07) is 6.73. The first-order valence-electron chi connectivity index (χ1n) is 5.19. The van der Waals surface area contributed by atoms with Gasteiger partial charge in [-0.25, -0.2) is 9.18 Å². The number of nitrogens with one attached hydrogen (secondary N) is 1. The topological polar surface area (TPSA) is 93.9 Å². The van der Waals surface area contributed by atoms with Gasteiger partial charge in [-0.3, -0.25) is 4.79 Å². The zero-order chi connectivity index (χ0) is 14.0. The van der Waals surface area contributed by atoms with Crippen LogP contribution in [-0.4, -0.2) is 16.1 Å². The number of carboxylic acid groups (broad SMARTS) is 1. The number of hydrogen-bond acceptors (Lipinski definition) is 3. The Morgan fingerprint density at radius 1 is 1.37 bits per heavy atom. The zero-order valence-corrected chi connectivity index (χ0v) is 9.48. The van der Waals surface area contributed by atoms with Crippen molar-refractivity contribution >= 4 is 5.97 Å². The third kappa shape index (κ3) is 2.21. The summed E-state index contributed by atoms with van der Waals surface area (Å²) < 4.78 is 13.9. The van der Waals surface area contributed by atoms with Crippen molar-refractivity contribution in [2.75, 3.05) is 0 Å². The first kappa shape index (κ1) is 12.5. The minimum absolute atomic E-state index is 0.108. The molecule has 5 nitrogen and oxygen atoms in total. The molecule has 0 radical (unpaired) electrons. The summed E-state index contributed by atoms with van der Waals surface area (Å²) in [5, 5.41) is 17.6. The van der Waals surface area contributed by atoms with E-state index in [2.05, 4.69) is 4.98 Å². The number of benzene rings is 1. The molecule has 0 bridgehead atoms. The van der Waals surface area contributed by atoms with Crippen molar-refractivity contribution < 1.29 is 14.3 Å². The van der Waals surface area contributed by atoms with Crippen molar-refractivity contribution in [2.45, 2.75) is 0 Å². The summed E-state index contributed by atoms with van der Waals surface area (Å²) in [4.78, 5) is 24.7. The molecule has 0 spiro atoms. The zero-order valence-electron chi connectivity index (χ0n) is 9.48. The average molecular weight is 258 g/mol. The maximum absolute atomic E-state index is 13.9. The van der Waals surface area contributed by atoms with Gasteiger partial charge in [0.1, 0.15) is 11.9 Å². The average Bonchev–Trinajstić information content (AvgIpc) is 2.39. The minimum Gasteiger partial charge on any atom is -0.478 e. The number of aromatic nitrogens is 1. The lowest BCUT2D eigenvalue weighted by molar-refractivity contribution is 0.0696. The SMILES string of the molecule is N#Cc1cccc(-c2cc(C(=O)O)c[nH]c2=O)c1F. The van der Waals surface area contributed by atoms with Crippen LogP contribution < -0.4 is 5.56 Å². The Labute approximate surface area is 106 Å². The van der Waals surface area contributed by atoms with Crippen molar-refractivity contribution in [1.29, 1.82) is 5.26 Å². The Morgan fingerprint density at radius 3 is 2.74 bits per heavy atom. The Balaban J connectivity index is 2.72. The lowest BCUT2D eigenvalue weighted by Crippen LogP contribution is -2.12. The number of aromatic carboxylic acids is 1. The van der Waals surface area contributed by atoms with Gasteiger partial charge in [-0.05, 0) is 12.1 Å². The van der Waals surface area contributed by atoms with Crippen LogP contribution in [0.25, 0.3) is 11.1 Å². The van der Waals surface area contributed by atoms with Crippen molar-refractivity contribution in [3.05, 3.63) is 57.8 Å². The lowest BCUT2D eigenvalue weighted by atomic mass is 10.0. The van der Waals surface area contributed by atoms with E-state index >= 15 is 0 Å². The number of pyridine rings is 1. The second-order valence-corrected chi connectivity index (χ2v) is 3.72. The number of carboxylic acids is 1. The third-order valence-corrected chi connectivity index (χ3v) is 2.56. The summed E-state index contributed by atoms with van der Waals surface area (Å²) in [5.41, 5.74) is -1.24. The highest BCUT2D eigenvalue weighted by Crippen LogP contribution is 2.22. The number of nitrogens with zero attached hydrogens (tertiary/aromatic N) is 1. The van der Waals surface area contributed by atoms with Gasteiger partial charge >= 0.3 is 5.97 Å². The number of hydrogen-bond donors (Lipinski definition) is 2. The molecule has 0 saturated carbocycles. The van der Waals surface area contributed by atoms with E-state index in [1.54, 1.807) is 6.07 Å². The van der Waals surface area contributed by atoms with Gasteiger partial charge in [0, 0.05) is 11.8 Å². The molecule has 0 atom stereocenters. The third-order valence-electron chi connectivity index (χ3n) is 2.56. The van der Waals surface area contributed by atoms with Crippen LogP contribution in [0.3, 0.4) is 0 Å². The van der Waals surface area contributed by atoms with Crippen LogP contribution in [0.5, 0.6) is 0 Å². The van der Waals surface area contributed by atoms with Crippen LogP contribution in [0.15, 0.2) is 35.3 Å². The van der Waals surface area contributed by atoms with E-state index in [0.717, 1.165) is 12.3 Å². The van der Waals surface area contributed by atoms with Gasteiger partial charge in [-0.2, -0.15) is 5.26 Å². The molecule has 0 fully saturated rings. The molecule has 2 N–H and O–H groups in total. The van der Waals surface area contributed by atoms with Gasteiger partial charge in [-0.15, -0.1) is 0 Å². The van der Waals surface area contributed by atoms with Crippen LogP contribution in [0.4, 0.5) is 4.39 Å². The lowest BCUT2D eigenvalue weighted by Gasteiger charge is -2.04. The molecule has 2 rings (SSSR count). The number of rotatable bonds is 2. The number of aromatic amines is 1. The Kier molecular flexibility index (Phi) is 3.12. The van der Waals surface area contributed by atoms with Gasteiger partial charge in [0.05, 0.1) is 16.7 Å². The number of H-pyrrole nitrogens is 1. The van der Waals surface area contributed by atoms with Gasteiger partial charge in [0.15, 0.2) is 0 Å². The fourth-order valence-corrected chi connectivity index (χ4v) is 1.63. The van der Waals surface area contributed by atoms with E-state index < -0.39 is 17.3 Å². The van der Waals surface area contributed by atoms with Crippen LogP contribution in [0, 0.1) is 17.1 Å². The van der Waals surface area contributed by atoms with E-state index in [4.69, 9.17) is 10.4 Å². The Morgan fingerprint density at radius 2 is 2.11 bits per heavy atom. The Bertz CT molecular complexity index is 759. The summed E-state index contributed by atoms with van der Waals surface area (Å²) >= 11 is 0. The predicted molar refractivity (Wildman–Crippen MR) is 64.1 cm³/mol. The molecule has 2 aromatic rings. The highest BCUT2D eigenvalue weighted by Gasteiger charge is 2.14. The van der Waals surface area contributed by atoms with E-state index in [-0.39, 0.29) is 22.3 Å². The Hall–Kier alpha value is -2.94. The molecule has 0 aliphatic carbocycles. The maximum atomic E-state index is 13.9. The molecule has 0 saturated heterocycles. The van der Waals surface area contributed by atoms with Crippen LogP contribution in [0.2, 0.25) is 0 Å². The number of halogens is 1. The molecular weight excluding hydrogens is 251 g/mol. The van der Waals surface area contributed by atoms with Gasteiger partial charge in [0.25, 0.3) is 5.56 Å². The van der Waals surface area contributed by atoms with Crippen molar-refractivity contribution in [3.63, 3.8) is 0 Å². The highest BCUT2D eigenvalue weighted by molar-refractivity contribution is 5.88. The molecule has 0 aliphatic rings. The van der Waals surface area contributed by atoms with E-state index in [0.29, 0.717) is 0 Å². The molecule has 0 unspecified atom stereocenters. The first-order chi connectivity index (χ1) is 9.04. The van der Waals surface area contributed by atoms with Gasteiger partial charge in [-0.1, -0.05) is 12.1 Å². The monoisotopic (exact) mass is 258 g/mol. The van der Waals surface area contributed by atoms with E-state index in [1.165, 1.54) is 18.2 Å². The summed E-state index contributed by atoms with van der Waals surface area (Å²) in [6.07, 6.45) is 1.03. The van der Waals surface area contributed by atoms with Crippen LogP contribution >= 0.6 is 0 Å². The summed E-state index contributed by atoms with van der Waals surface area (Å²) in [5.74, 6) is -2.09. The standard InChI is InChI=1S/C13H7FN2O3/c14-11-7(5-15)2-1-3-9(11)10-4-8(13(18)19)6-16-12(10)17/h1-4,6H,(H,16,17)(H,18,19). The fraction of sp³-hybridized carbons (Fsp3) is 0. The molecule has 94 valence electrons. The van der Waals surface area contributed by atoms with Crippen molar-refractivity contribution in [3.8, 4) is 17.2 Å². The quantitative estimate of drug-likeness (QED) is 0.857. The van der Waals surface area contributed by atoms with Crippen molar-refractivity contribution in [2.24, 2.45) is 0 Å². The second-order valence-electron chi connectivity index (χ2n) is 3.72. The summed E-state index contributed by atoms with van der Waals surface area (Å²) in [6.45, 7) is 0. The van der Waals surface area contributed by atoms with Gasteiger partial charge in [0.2, 0.25) is 0 Å². The molecule has 0 aliphatic heterocycles.